The zero-order valence-corrected chi connectivity index (χ0v) is 16.1. The summed E-state index contributed by atoms with van der Waals surface area (Å²) in [6.07, 6.45) is -2.34. The second-order valence-corrected chi connectivity index (χ2v) is 7.77. The van der Waals surface area contributed by atoms with Crippen LogP contribution in [0.1, 0.15) is 31.1 Å². The van der Waals surface area contributed by atoms with Crippen LogP contribution in [0.3, 0.4) is 0 Å². The average molecular weight is 400 g/mol. The minimum Gasteiger partial charge on any atom is -0.489 e. The average Bonchev–Trinajstić information content (AvgIpc) is 2.67. The van der Waals surface area contributed by atoms with Crippen molar-refractivity contribution in [3.63, 3.8) is 0 Å². The van der Waals surface area contributed by atoms with Crippen molar-refractivity contribution in [3.05, 3.63) is 65.7 Å². The summed E-state index contributed by atoms with van der Waals surface area (Å²) in [5.74, 6) is 0.455. The highest BCUT2D eigenvalue weighted by Crippen LogP contribution is 2.66. The Morgan fingerprint density at radius 1 is 1.00 bits per heavy atom. The largest absolute Gasteiger partial charge is 0.489 e. The van der Waals surface area contributed by atoms with Crippen molar-refractivity contribution in [1.29, 1.82) is 0 Å². The monoisotopic (exact) mass is 400 g/mol. The molecule has 8 heteroatoms. The lowest BCUT2D eigenvalue weighted by Gasteiger charge is -2.29. The Morgan fingerprint density at radius 2 is 1.56 bits per heavy atom. The van der Waals surface area contributed by atoms with Gasteiger partial charge in [-0.15, -0.1) is 0 Å². The molecule has 0 fully saturated rings. The van der Waals surface area contributed by atoms with Gasteiger partial charge in [0, 0.05) is 0 Å². The maximum atomic E-state index is 14.6. The maximum absolute atomic E-state index is 14.6. The van der Waals surface area contributed by atoms with E-state index in [0.717, 1.165) is 5.56 Å². The van der Waals surface area contributed by atoms with Crippen molar-refractivity contribution in [2.24, 2.45) is 0 Å². The molecule has 0 saturated carbocycles. The van der Waals surface area contributed by atoms with Crippen LogP contribution < -0.4 is 4.74 Å². The predicted molar refractivity (Wildman–Crippen MR) is 98.0 cm³/mol. The molecule has 0 spiro atoms. The van der Waals surface area contributed by atoms with Crippen LogP contribution in [0.15, 0.2) is 54.6 Å². The van der Waals surface area contributed by atoms with Gasteiger partial charge in [-0.05, 0) is 37.1 Å². The summed E-state index contributed by atoms with van der Waals surface area (Å²) in [5.41, 5.74) is -3.25. The minimum absolute atomic E-state index is 0.119. The first kappa shape index (κ1) is 21.5. The highest BCUT2D eigenvalue weighted by molar-refractivity contribution is 7.55. The van der Waals surface area contributed by atoms with Crippen LogP contribution in [-0.4, -0.2) is 24.0 Å². The highest BCUT2D eigenvalue weighted by Gasteiger charge is 2.59. The molecule has 0 aliphatic rings. The first-order valence-electron chi connectivity index (χ1n) is 8.55. The summed E-state index contributed by atoms with van der Waals surface area (Å²) < 4.78 is 56.6. The number of ether oxygens (including phenoxy) is 1. The van der Waals surface area contributed by atoms with Crippen molar-refractivity contribution in [2.75, 3.05) is 13.2 Å². The summed E-state index contributed by atoms with van der Waals surface area (Å²) >= 11 is 0. The van der Waals surface area contributed by atoms with Gasteiger partial charge in [-0.3, -0.25) is 4.57 Å². The van der Waals surface area contributed by atoms with Crippen molar-refractivity contribution in [1.82, 2.24) is 0 Å². The molecule has 0 heterocycles. The summed E-state index contributed by atoms with van der Waals surface area (Å²) in [6, 6.07) is 15.0. The molecule has 1 N–H and O–H groups in total. The van der Waals surface area contributed by atoms with E-state index in [4.69, 9.17) is 4.74 Å². The Morgan fingerprint density at radius 3 is 2.07 bits per heavy atom. The number of alkyl halides is 2. The fourth-order valence-corrected chi connectivity index (χ4v) is 3.93. The molecule has 2 aromatic carbocycles. The quantitative estimate of drug-likeness (QED) is 0.558. The first-order chi connectivity index (χ1) is 12.8. The van der Waals surface area contributed by atoms with Crippen molar-refractivity contribution >= 4 is 7.60 Å². The van der Waals surface area contributed by atoms with Crippen molar-refractivity contribution in [3.8, 4) is 5.75 Å². The van der Waals surface area contributed by atoms with Crippen LogP contribution in [0.4, 0.5) is 8.78 Å². The van der Waals surface area contributed by atoms with Gasteiger partial charge >= 0.3 is 13.3 Å². The summed E-state index contributed by atoms with van der Waals surface area (Å²) in [6.45, 7) is 2.71. The van der Waals surface area contributed by atoms with Gasteiger partial charge in [0.25, 0.3) is 0 Å². The van der Waals surface area contributed by atoms with Crippen molar-refractivity contribution in [2.45, 2.75) is 32.2 Å². The van der Waals surface area contributed by atoms with E-state index in [0.29, 0.717) is 12.4 Å². The maximum Gasteiger partial charge on any atom is 0.402 e. The predicted octanol–water partition coefficient (Wildman–Crippen LogP) is 5.16. The van der Waals surface area contributed by atoms with E-state index in [9.17, 15) is 18.5 Å². The molecule has 2 rings (SSSR count). The summed E-state index contributed by atoms with van der Waals surface area (Å²) in [5, 5.41) is 10.1. The number of hydrogen-bond donors (Lipinski definition) is 1. The molecule has 0 bridgehead atoms. The van der Waals surface area contributed by atoms with Gasteiger partial charge in [-0.2, -0.15) is 8.78 Å². The third kappa shape index (κ3) is 5.14. The second kappa shape index (κ2) is 9.42. The van der Waals surface area contributed by atoms with Gasteiger partial charge in [0.2, 0.25) is 0 Å². The van der Waals surface area contributed by atoms with Crippen LogP contribution in [0.2, 0.25) is 0 Å². The summed E-state index contributed by atoms with van der Waals surface area (Å²) in [7, 11) is -4.82. The lowest BCUT2D eigenvalue weighted by atomic mass is 10.1. The molecule has 0 saturated heterocycles. The Balaban J connectivity index is 2.11. The Kier molecular flexibility index (Phi) is 7.50. The number of rotatable bonds is 10. The zero-order valence-electron chi connectivity index (χ0n) is 15.2. The van der Waals surface area contributed by atoms with Gasteiger partial charge in [-0.1, -0.05) is 42.5 Å². The number of hydrogen-bond acceptors (Lipinski definition) is 5. The molecular formula is C19H23F2O5P. The van der Waals surface area contributed by atoms with E-state index >= 15 is 0 Å². The number of benzene rings is 2. The van der Waals surface area contributed by atoms with E-state index in [1.807, 2.05) is 30.3 Å². The Hall–Kier alpha value is -1.79. The molecule has 27 heavy (non-hydrogen) atoms. The van der Waals surface area contributed by atoms with Gasteiger partial charge < -0.3 is 18.9 Å². The molecule has 0 aliphatic heterocycles. The minimum atomic E-state index is -4.82. The number of aliphatic hydroxyl groups excluding tert-OH is 1. The lowest BCUT2D eigenvalue weighted by molar-refractivity contribution is -0.0676. The molecule has 0 aliphatic carbocycles. The van der Waals surface area contributed by atoms with Crippen LogP contribution >= 0.6 is 7.60 Å². The smallest absolute Gasteiger partial charge is 0.402 e. The molecule has 0 unspecified atom stereocenters. The lowest BCUT2D eigenvalue weighted by Crippen LogP contribution is -2.28. The normalized spacial score (nSPS) is 13.4. The van der Waals surface area contributed by atoms with Crippen LogP contribution in [0.5, 0.6) is 5.75 Å². The molecule has 0 radical (unpaired) electrons. The number of halogens is 2. The third-order valence-corrected chi connectivity index (χ3v) is 5.91. The molecule has 0 amide bonds. The SMILES string of the molecule is CCOP(=O)(OCC)C(F)(F)[C@@H](O)c1ccc(OCc2ccccc2)cc1. The topological polar surface area (TPSA) is 65.0 Å². The molecule has 2 aromatic rings. The van der Waals surface area contributed by atoms with Crippen LogP contribution in [-0.2, 0) is 20.2 Å². The Bertz CT molecular complexity index is 742. The Labute approximate surface area is 157 Å². The fraction of sp³-hybridized carbons (Fsp3) is 0.368. The standard InChI is InChI=1S/C19H23F2O5P/c1-3-25-27(23,26-4-2)19(20,21)18(22)16-10-12-17(13-11-16)24-14-15-8-6-5-7-9-15/h5-13,18,22H,3-4,14H2,1-2H3/t18-/m0/s1. The fourth-order valence-electron chi connectivity index (χ4n) is 2.39. The molecule has 0 aromatic heterocycles. The molecular weight excluding hydrogens is 377 g/mol. The first-order valence-corrected chi connectivity index (χ1v) is 10.1. The number of aliphatic hydroxyl groups is 1. The van der Waals surface area contributed by atoms with Crippen molar-refractivity contribution < 1.29 is 32.2 Å². The van der Waals surface area contributed by atoms with E-state index in [1.165, 1.54) is 38.1 Å². The van der Waals surface area contributed by atoms with E-state index in [1.54, 1.807) is 0 Å². The van der Waals surface area contributed by atoms with E-state index in [-0.39, 0.29) is 18.8 Å². The molecule has 5 nitrogen and oxygen atoms in total. The summed E-state index contributed by atoms with van der Waals surface area (Å²) in [4.78, 5) is 0. The second-order valence-electron chi connectivity index (χ2n) is 5.67. The third-order valence-electron chi connectivity index (χ3n) is 3.74. The van der Waals surface area contributed by atoms with Crippen LogP contribution in [0, 0.1) is 0 Å². The van der Waals surface area contributed by atoms with E-state index in [2.05, 4.69) is 9.05 Å². The molecule has 1 atom stereocenters. The van der Waals surface area contributed by atoms with Gasteiger partial charge in [-0.25, -0.2) is 0 Å². The highest BCUT2D eigenvalue weighted by atomic mass is 31.2. The molecule has 148 valence electrons. The zero-order chi connectivity index (χ0) is 19.9. The van der Waals surface area contributed by atoms with Gasteiger partial charge in [0.1, 0.15) is 12.4 Å². The van der Waals surface area contributed by atoms with Gasteiger partial charge in [0.05, 0.1) is 13.2 Å². The van der Waals surface area contributed by atoms with E-state index < -0.39 is 19.4 Å². The van der Waals surface area contributed by atoms with Gasteiger partial charge in [0.15, 0.2) is 6.10 Å². The van der Waals surface area contributed by atoms with Crippen LogP contribution in [0.25, 0.3) is 0 Å².